The fourth-order valence-electron chi connectivity index (χ4n) is 1.76. The minimum atomic E-state index is -0.505. The van der Waals surface area contributed by atoms with E-state index >= 15 is 0 Å². The Morgan fingerprint density at radius 2 is 1.76 bits per heavy atom. The lowest BCUT2D eigenvalue weighted by Crippen LogP contribution is -2.22. The summed E-state index contributed by atoms with van der Waals surface area (Å²) in [5, 5.41) is 8.79. The van der Waals surface area contributed by atoms with Gasteiger partial charge in [0.15, 0.2) is 5.78 Å². The van der Waals surface area contributed by atoms with E-state index in [9.17, 15) is 9.59 Å². The average molecular weight is 234 g/mol. The molecule has 1 unspecified atom stereocenters. The Balaban J connectivity index is 2.94. The van der Waals surface area contributed by atoms with Crippen LogP contribution < -0.4 is 0 Å². The van der Waals surface area contributed by atoms with Crippen molar-refractivity contribution in [1.82, 2.24) is 0 Å². The maximum absolute atomic E-state index is 12.1. The lowest BCUT2D eigenvalue weighted by atomic mass is 9.85. The third-order valence-electron chi connectivity index (χ3n) is 2.72. The number of aliphatic hydroxyl groups is 1. The van der Waals surface area contributed by atoms with Crippen LogP contribution in [0, 0.1) is 5.92 Å². The zero-order chi connectivity index (χ0) is 12.8. The molecule has 0 amide bonds. The van der Waals surface area contributed by atoms with Crippen molar-refractivity contribution in [2.75, 3.05) is 6.61 Å². The molecular formula is C14H18O3. The van der Waals surface area contributed by atoms with Crippen LogP contribution in [0.25, 0.3) is 0 Å². The monoisotopic (exact) mass is 234 g/mol. The van der Waals surface area contributed by atoms with Gasteiger partial charge in [-0.2, -0.15) is 0 Å². The molecule has 0 radical (unpaired) electrons. The van der Waals surface area contributed by atoms with Crippen LogP contribution in [0.2, 0.25) is 0 Å². The van der Waals surface area contributed by atoms with E-state index in [1.165, 1.54) is 0 Å². The summed E-state index contributed by atoms with van der Waals surface area (Å²) < 4.78 is 0. The summed E-state index contributed by atoms with van der Waals surface area (Å²) in [6.45, 7) is 3.14. The summed E-state index contributed by atoms with van der Waals surface area (Å²) in [6.07, 6.45) is 0.0809. The molecule has 3 heteroatoms. The van der Waals surface area contributed by atoms with E-state index in [-0.39, 0.29) is 23.9 Å². The number of Topliss-reactive ketones (excluding diaryl/α,β-unsaturated/α-hetero) is 2. The average Bonchev–Trinajstić information content (AvgIpc) is 2.35. The van der Waals surface area contributed by atoms with Crippen LogP contribution >= 0.6 is 0 Å². The Kier molecular flexibility index (Phi) is 5.04. The van der Waals surface area contributed by atoms with Crippen molar-refractivity contribution in [3.8, 4) is 0 Å². The van der Waals surface area contributed by atoms with Gasteiger partial charge in [0.25, 0.3) is 0 Å². The molecule has 0 saturated heterocycles. The molecule has 0 aliphatic carbocycles. The largest absolute Gasteiger partial charge is 0.389 e. The molecule has 0 bridgehead atoms. The third-order valence-corrected chi connectivity index (χ3v) is 2.72. The van der Waals surface area contributed by atoms with Gasteiger partial charge >= 0.3 is 0 Å². The minimum Gasteiger partial charge on any atom is -0.389 e. The van der Waals surface area contributed by atoms with Crippen molar-refractivity contribution in [3.05, 3.63) is 35.9 Å². The van der Waals surface area contributed by atoms with E-state index in [0.29, 0.717) is 0 Å². The maximum atomic E-state index is 12.1. The second-order valence-electron chi connectivity index (χ2n) is 4.42. The van der Waals surface area contributed by atoms with Gasteiger partial charge in [-0.3, -0.25) is 9.59 Å². The highest BCUT2D eigenvalue weighted by atomic mass is 16.3. The van der Waals surface area contributed by atoms with E-state index in [4.69, 9.17) is 5.11 Å². The van der Waals surface area contributed by atoms with E-state index < -0.39 is 12.5 Å². The maximum Gasteiger partial charge on any atom is 0.159 e. The van der Waals surface area contributed by atoms with Crippen molar-refractivity contribution < 1.29 is 14.7 Å². The number of ketones is 2. The first-order valence-corrected chi connectivity index (χ1v) is 5.77. The van der Waals surface area contributed by atoms with Crippen LogP contribution in [0.3, 0.4) is 0 Å². The first-order valence-electron chi connectivity index (χ1n) is 5.77. The van der Waals surface area contributed by atoms with Crippen LogP contribution in [-0.2, 0) is 9.59 Å². The Bertz CT molecular complexity index is 382. The van der Waals surface area contributed by atoms with Crippen LogP contribution in [0.15, 0.2) is 30.3 Å². The zero-order valence-corrected chi connectivity index (χ0v) is 10.2. The van der Waals surface area contributed by atoms with Crippen molar-refractivity contribution in [3.63, 3.8) is 0 Å². The van der Waals surface area contributed by atoms with Gasteiger partial charge in [-0.15, -0.1) is 0 Å². The van der Waals surface area contributed by atoms with Crippen LogP contribution in [0.1, 0.15) is 31.7 Å². The molecule has 0 aromatic heterocycles. The number of rotatable bonds is 6. The molecule has 0 aliphatic rings. The molecule has 1 rings (SSSR count). The molecule has 3 nitrogen and oxygen atoms in total. The number of hydrogen-bond acceptors (Lipinski definition) is 3. The lowest BCUT2D eigenvalue weighted by molar-refractivity contribution is -0.128. The van der Waals surface area contributed by atoms with Gasteiger partial charge < -0.3 is 5.11 Å². The lowest BCUT2D eigenvalue weighted by Gasteiger charge is -2.17. The van der Waals surface area contributed by atoms with Crippen molar-refractivity contribution in [2.45, 2.75) is 26.2 Å². The molecule has 0 fully saturated rings. The third kappa shape index (κ3) is 3.79. The molecule has 1 N–H and O–H groups in total. The van der Waals surface area contributed by atoms with E-state index in [2.05, 4.69) is 0 Å². The fourth-order valence-corrected chi connectivity index (χ4v) is 1.76. The SMILES string of the molecule is CC(C)C(=O)C(CC(=O)CO)c1ccccc1. The first kappa shape index (κ1) is 13.6. The molecule has 1 aromatic rings. The molecule has 17 heavy (non-hydrogen) atoms. The predicted molar refractivity (Wildman–Crippen MR) is 65.7 cm³/mol. The second-order valence-corrected chi connectivity index (χ2v) is 4.42. The highest BCUT2D eigenvalue weighted by Gasteiger charge is 2.25. The van der Waals surface area contributed by atoms with E-state index in [1.54, 1.807) is 0 Å². The van der Waals surface area contributed by atoms with Crippen LogP contribution in [0.5, 0.6) is 0 Å². The number of carbonyl (C=O) groups excluding carboxylic acids is 2. The number of hydrogen-bond donors (Lipinski definition) is 1. The normalized spacial score (nSPS) is 12.5. The predicted octanol–water partition coefficient (Wildman–Crippen LogP) is 1.95. The van der Waals surface area contributed by atoms with Crippen molar-refractivity contribution >= 4 is 11.6 Å². The second kappa shape index (κ2) is 6.30. The zero-order valence-electron chi connectivity index (χ0n) is 10.2. The van der Waals surface area contributed by atoms with Gasteiger partial charge in [0, 0.05) is 18.3 Å². The van der Waals surface area contributed by atoms with Gasteiger partial charge in [-0.25, -0.2) is 0 Å². The standard InChI is InChI=1S/C14H18O3/c1-10(2)14(17)13(8-12(16)9-15)11-6-4-3-5-7-11/h3-7,10,13,15H,8-9H2,1-2H3. The molecule has 0 aliphatic heterocycles. The Morgan fingerprint density at radius 1 is 1.18 bits per heavy atom. The molecule has 0 spiro atoms. The summed E-state index contributed by atoms with van der Waals surface area (Å²) in [5.74, 6) is -0.812. The highest BCUT2D eigenvalue weighted by molar-refractivity contribution is 5.93. The summed E-state index contributed by atoms with van der Waals surface area (Å²) in [7, 11) is 0. The van der Waals surface area contributed by atoms with Crippen molar-refractivity contribution in [1.29, 1.82) is 0 Å². The molecule has 1 atom stereocenters. The Hall–Kier alpha value is -1.48. The summed E-state index contributed by atoms with van der Waals surface area (Å²) in [4.78, 5) is 23.4. The molecule has 0 heterocycles. The quantitative estimate of drug-likeness (QED) is 0.818. The molecule has 92 valence electrons. The van der Waals surface area contributed by atoms with E-state index in [1.807, 2.05) is 44.2 Å². The molecular weight excluding hydrogens is 216 g/mol. The molecule has 0 saturated carbocycles. The molecule has 1 aromatic carbocycles. The number of aliphatic hydroxyl groups excluding tert-OH is 1. The van der Waals surface area contributed by atoms with Crippen LogP contribution in [0.4, 0.5) is 0 Å². The fraction of sp³-hybridized carbons (Fsp3) is 0.429. The Labute approximate surface area is 101 Å². The van der Waals surface area contributed by atoms with Crippen LogP contribution in [-0.4, -0.2) is 23.3 Å². The summed E-state index contributed by atoms with van der Waals surface area (Å²) >= 11 is 0. The smallest absolute Gasteiger partial charge is 0.159 e. The number of carbonyl (C=O) groups is 2. The minimum absolute atomic E-state index is 0.0398. The summed E-state index contributed by atoms with van der Waals surface area (Å²) in [6, 6.07) is 9.25. The Morgan fingerprint density at radius 3 is 2.24 bits per heavy atom. The van der Waals surface area contributed by atoms with Gasteiger partial charge in [0.1, 0.15) is 12.4 Å². The number of benzene rings is 1. The highest BCUT2D eigenvalue weighted by Crippen LogP contribution is 2.24. The van der Waals surface area contributed by atoms with Crippen molar-refractivity contribution in [2.24, 2.45) is 5.92 Å². The van der Waals surface area contributed by atoms with E-state index in [0.717, 1.165) is 5.56 Å². The van der Waals surface area contributed by atoms with Gasteiger partial charge in [-0.05, 0) is 5.56 Å². The van der Waals surface area contributed by atoms with Gasteiger partial charge in [0.2, 0.25) is 0 Å². The van der Waals surface area contributed by atoms with Gasteiger partial charge in [-0.1, -0.05) is 44.2 Å². The topological polar surface area (TPSA) is 54.4 Å². The van der Waals surface area contributed by atoms with Gasteiger partial charge in [0.05, 0.1) is 0 Å². The summed E-state index contributed by atoms with van der Waals surface area (Å²) in [5.41, 5.74) is 0.841. The first-order chi connectivity index (χ1) is 8.06.